The Bertz CT molecular complexity index is 4540. The lowest BCUT2D eigenvalue weighted by Gasteiger charge is -2.27. The first-order valence-electron chi connectivity index (χ1n) is 29.3. The summed E-state index contributed by atoms with van der Waals surface area (Å²) in [4.78, 5) is 129. The second-order valence-corrected chi connectivity index (χ2v) is 29.7. The number of aryl methyl sites for hydroxylation is 3. The predicted octanol–water partition coefficient (Wildman–Crippen LogP) is 7.55. The van der Waals surface area contributed by atoms with E-state index >= 15 is 4.79 Å². The predicted molar refractivity (Wildman–Crippen MR) is 356 cm³/mol. The Hall–Kier alpha value is -8.51. The molecule has 2 unspecified atom stereocenters. The van der Waals surface area contributed by atoms with Crippen LogP contribution in [-0.2, 0) is 40.0 Å². The number of thiazole rings is 6. The number of rotatable bonds is 13. The highest BCUT2D eigenvalue weighted by atomic mass is 32.2. The summed E-state index contributed by atoms with van der Waals surface area (Å²) in [6.45, 7) is 7.89. The van der Waals surface area contributed by atoms with Crippen LogP contribution in [0.3, 0.4) is 0 Å². The molecule has 10 heterocycles. The van der Waals surface area contributed by atoms with Gasteiger partial charge >= 0.3 is 0 Å². The molecule has 0 aliphatic carbocycles. The zero-order chi connectivity index (χ0) is 66.3. The number of pyridine rings is 1. The van der Waals surface area contributed by atoms with Crippen LogP contribution in [0, 0.1) is 26.7 Å². The van der Waals surface area contributed by atoms with E-state index in [0.29, 0.717) is 78.2 Å². The van der Waals surface area contributed by atoms with Gasteiger partial charge in [0.1, 0.15) is 90.7 Å². The number of nitrogens with one attached hydrogen (secondary N) is 4. The van der Waals surface area contributed by atoms with Gasteiger partial charge < -0.3 is 36.8 Å². The van der Waals surface area contributed by atoms with Gasteiger partial charge in [0, 0.05) is 51.2 Å². The Morgan fingerprint density at radius 2 is 1.49 bits per heavy atom. The second kappa shape index (κ2) is 27.4. The zero-order valence-corrected chi connectivity index (χ0v) is 56.6. The summed E-state index contributed by atoms with van der Waals surface area (Å²) >= 11 is 6.75. The van der Waals surface area contributed by atoms with Crippen molar-refractivity contribution in [2.45, 2.75) is 95.4 Å². The van der Waals surface area contributed by atoms with E-state index in [-0.39, 0.29) is 49.5 Å². The normalized spacial score (nSPS) is 18.9. The Labute approximate surface area is 562 Å². The number of hydrogen-bond donors (Lipinski definition) is 6. The molecule has 26 nitrogen and oxygen atoms in total. The van der Waals surface area contributed by atoms with Gasteiger partial charge in [-0.15, -0.1) is 68.0 Å². The van der Waals surface area contributed by atoms with E-state index in [2.05, 4.69) is 21.3 Å². The molecule has 1 fully saturated rings. The topological polar surface area (TPSA) is 358 Å². The molecule has 6 atom stereocenters. The summed E-state index contributed by atoms with van der Waals surface area (Å²) < 4.78 is 39.1. The molecule has 7 N–H and O–H groups in total. The molecule has 0 spiro atoms. The van der Waals surface area contributed by atoms with Crippen molar-refractivity contribution in [3.63, 3.8) is 0 Å². The molecule has 3 aliphatic rings. The number of carbonyl (C=O) groups excluding carboxylic acids is 6. The quantitative estimate of drug-likeness (QED) is 0.0607. The minimum atomic E-state index is -4.42. The number of primary amides is 1. The first-order chi connectivity index (χ1) is 45.1. The van der Waals surface area contributed by atoms with Crippen LogP contribution in [-0.4, -0.2) is 140 Å². The van der Waals surface area contributed by atoms with E-state index in [9.17, 15) is 37.5 Å². The molecule has 2 aromatic carbocycles. The number of aliphatic hydroxyl groups is 1. The summed E-state index contributed by atoms with van der Waals surface area (Å²) in [7, 11) is -3.04. The fourth-order valence-electron chi connectivity index (χ4n) is 10.7. The highest BCUT2D eigenvalue weighted by molar-refractivity contribution is 7.86. The Morgan fingerprint density at radius 1 is 0.766 bits per heavy atom. The van der Waals surface area contributed by atoms with Crippen LogP contribution in [0.2, 0.25) is 0 Å². The Kier molecular flexibility index (Phi) is 19.1. The smallest absolute Gasteiger partial charge is 0.297 e. The van der Waals surface area contributed by atoms with E-state index in [1.165, 1.54) is 47.2 Å². The van der Waals surface area contributed by atoms with Crippen LogP contribution in [0.5, 0.6) is 0 Å². The van der Waals surface area contributed by atoms with Crippen LogP contribution >= 0.6 is 68.0 Å². The van der Waals surface area contributed by atoms with Gasteiger partial charge in [-0.1, -0.05) is 61.9 Å². The number of aliphatic hydroxyl groups excluding tert-OH is 1. The maximum absolute atomic E-state index is 15.7. The molecule has 486 valence electrons. The van der Waals surface area contributed by atoms with Crippen molar-refractivity contribution in [3.8, 4) is 43.4 Å². The van der Waals surface area contributed by atoms with Crippen molar-refractivity contribution in [3.05, 3.63) is 142 Å². The van der Waals surface area contributed by atoms with Gasteiger partial charge in [-0.3, -0.25) is 42.8 Å². The molecule has 9 aromatic rings. The Morgan fingerprint density at radius 3 is 2.22 bits per heavy atom. The average molecular weight is 1400 g/mol. The number of amides is 6. The number of carbonyl (C=O) groups is 6. The Balaban J connectivity index is 0.987. The van der Waals surface area contributed by atoms with Gasteiger partial charge in [0.05, 0.1) is 34.1 Å². The van der Waals surface area contributed by atoms with Crippen LogP contribution in [0.4, 0.5) is 5.13 Å². The minimum absolute atomic E-state index is 0.0280. The van der Waals surface area contributed by atoms with Crippen molar-refractivity contribution >= 4 is 125 Å². The number of nitrogens with zero attached hydrogens (tertiary/aromatic N) is 10. The van der Waals surface area contributed by atoms with Crippen molar-refractivity contribution in [1.29, 1.82) is 0 Å². The minimum Gasteiger partial charge on any atom is -0.475 e. The number of nitrogens with two attached hydrogens (primary N) is 1. The molecule has 0 saturated carbocycles. The van der Waals surface area contributed by atoms with Gasteiger partial charge in [0.25, 0.3) is 33.7 Å². The number of likely N-dealkylation sites (tertiary alicyclic amines) is 1. The number of likely N-dealkylation sites (N-methyl/N-ethyl adjacent to an activating group) is 1. The molecule has 1 saturated heterocycles. The number of aliphatic imine (C=N–C) groups is 1. The van der Waals surface area contributed by atoms with Crippen molar-refractivity contribution in [1.82, 2.24) is 61.1 Å². The third kappa shape index (κ3) is 13.6. The van der Waals surface area contributed by atoms with Crippen LogP contribution in [0.1, 0.15) is 113 Å². The summed E-state index contributed by atoms with van der Waals surface area (Å²) in [6, 6.07) is 13.8. The van der Waals surface area contributed by atoms with E-state index in [0.717, 1.165) is 61.5 Å². The van der Waals surface area contributed by atoms with Crippen molar-refractivity contribution in [2.24, 2.45) is 16.6 Å². The van der Waals surface area contributed by atoms with Gasteiger partial charge in [-0.05, 0) is 69.4 Å². The molecular formula is C61H59N15O11S7. The number of aromatic nitrogens is 7. The van der Waals surface area contributed by atoms with Gasteiger partial charge in [0.2, 0.25) is 17.7 Å². The van der Waals surface area contributed by atoms with Gasteiger partial charge in [-0.25, -0.2) is 39.9 Å². The summed E-state index contributed by atoms with van der Waals surface area (Å²) in [5.74, 6) is -5.16. The van der Waals surface area contributed by atoms with Crippen LogP contribution < -0.4 is 31.9 Å². The molecule has 12 rings (SSSR count). The summed E-state index contributed by atoms with van der Waals surface area (Å²) in [6.07, 6.45) is -0.956. The maximum atomic E-state index is 15.7. The van der Waals surface area contributed by atoms with E-state index < -0.39 is 101 Å². The second-order valence-electron chi connectivity index (χ2n) is 22.3. The molecule has 94 heavy (non-hydrogen) atoms. The lowest BCUT2D eigenvalue weighted by molar-refractivity contribution is -0.123. The third-order valence-electron chi connectivity index (χ3n) is 15.5. The molecule has 3 aliphatic heterocycles. The monoisotopic (exact) mass is 1400 g/mol. The maximum Gasteiger partial charge on any atom is 0.297 e. The molecule has 10 bridgehead atoms. The molecule has 6 amide bonds. The number of fused-ring (bicyclic) bond motifs is 14. The SMILES string of the molecule is CNC(=O)[C@@H](C1=N[C@H](N2CCC[C@H]2C(N)=O)CO1)N1C(=O)c2csc(n2)-c2ccc(-c3nc(C)cs3)nc2-c2csc(n2)-c2csc(n2)C(C(O)c2ccccc2)NC(=O)CNC(=O)c2nc(sc2COS(=O)(=O)c2ccc(C)cc2)[C@H](C(C)C)NC(=O)c2nc1sc2C. The highest BCUT2D eigenvalue weighted by Gasteiger charge is 2.45. The summed E-state index contributed by atoms with van der Waals surface area (Å²) in [5, 5.41) is 31.8. The lowest BCUT2D eigenvalue weighted by atomic mass is 10.0. The van der Waals surface area contributed by atoms with Gasteiger partial charge in [-0.2, -0.15) is 8.42 Å². The molecule has 0 radical (unpaired) electrons. The number of benzene rings is 2. The van der Waals surface area contributed by atoms with Crippen molar-refractivity contribution in [2.75, 3.05) is 31.6 Å². The third-order valence-corrected chi connectivity index (χ3v) is 22.5. The fourth-order valence-corrected chi connectivity index (χ4v) is 17.1. The van der Waals surface area contributed by atoms with E-state index in [4.69, 9.17) is 54.5 Å². The summed E-state index contributed by atoms with van der Waals surface area (Å²) in [5.41, 5.74) is 9.47. The lowest BCUT2D eigenvalue weighted by Crippen LogP contribution is -2.54. The molecule has 7 aromatic heterocycles. The number of anilines is 1. The van der Waals surface area contributed by atoms with Crippen LogP contribution in [0.15, 0.2) is 98.1 Å². The molecular weight excluding hydrogens is 1340 g/mol. The first-order valence-corrected chi connectivity index (χ1v) is 35.8. The largest absolute Gasteiger partial charge is 0.475 e. The van der Waals surface area contributed by atoms with Gasteiger partial charge in [0.15, 0.2) is 11.2 Å². The van der Waals surface area contributed by atoms with Crippen molar-refractivity contribution < 1.29 is 51.2 Å². The fraction of sp³-hybridized carbons (Fsp3) is 0.311. The van der Waals surface area contributed by atoms with E-state index in [1.54, 1.807) is 91.9 Å². The molecule has 33 heteroatoms. The zero-order valence-electron chi connectivity index (χ0n) is 50.9. The number of ether oxygens (including phenoxy) is 1. The average Bonchev–Trinajstić information content (AvgIpc) is 1.60. The van der Waals surface area contributed by atoms with Crippen LogP contribution in [0.25, 0.3) is 43.4 Å². The first kappa shape index (κ1) is 65.5. The number of hydrogen-bond acceptors (Lipinski definition) is 26. The standard InChI is InChI=1S/C61H59N15O11S7/c1-28(2)43-59-73-46(40(93-59)22-87-94(84,85)33-16-14-29(3)15-17-33)51(80)64-21-42(77)71-47(49(78)32-11-8-7-9-12-32)58-68-37(26-91-58)57-67-36(25-90-57)45-34(18-19-35(66-45)56-65-30(4)24-88-56)55-69-38(27-89-55)60(83)76(61-74-44(31(5)92-61)52(81)72-43)48(53(82)63-6)54-70-41(23-86-54)75-20-10-13-39(75)50(62)79/h7-9,11-12,14-19,24-28,39,41,43,47-49,78H,10,13,20-23H2,1-6H3,(H2,62,79)(H,63,82)(H,64,80)(H,71,77)(H,72,81)/t39-,41+,43-,47?,48-,49?/m0/s1. The highest BCUT2D eigenvalue weighted by Crippen LogP contribution is 2.41. The van der Waals surface area contributed by atoms with E-state index in [1.807, 2.05) is 18.4 Å².